The summed E-state index contributed by atoms with van der Waals surface area (Å²) in [5, 5.41) is 12.4. The van der Waals surface area contributed by atoms with Crippen LogP contribution in [-0.4, -0.2) is 24.7 Å². The monoisotopic (exact) mass is 237 g/mol. The molecule has 1 fully saturated rings. The van der Waals surface area contributed by atoms with Crippen molar-refractivity contribution in [2.45, 2.75) is 25.8 Å². The second-order valence-corrected chi connectivity index (χ2v) is 4.06. The highest BCUT2D eigenvalue weighted by molar-refractivity contribution is 5.71. The molecule has 0 saturated heterocycles. The van der Waals surface area contributed by atoms with Crippen molar-refractivity contribution in [3.63, 3.8) is 0 Å². The van der Waals surface area contributed by atoms with E-state index in [-0.39, 0.29) is 31.2 Å². The van der Waals surface area contributed by atoms with Crippen molar-refractivity contribution in [1.29, 1.82) is 0 Å². The number of hydrogen-bond acceptors (Lipinski definition) is 4. The Hall–Kier alpha value is -1.55. The number of aromatic hydroxyl groups is 1. The van der Waals surface area contributed by atoms with E-state index in [1.807, 2.05) is 12.1 Å². The number of carbonyl (C=O) groups is 1. The number of nitrogens with one attached hydrogen (secondary N) is 1. The Balaban J connectivity index is 0.00000144. The molecule has 1 saturated carbocycles. The highest BCUT2D eigenvalue weighted by Crippen LogP contribution is 2.45. The molecular weight excluding hydrogens is 218 g/mol. The van der Waals surface area contributed by atoms with Gasteiger partial charge in [-0.2, -0.15) is 0 Å². The smallest absolute Gasteiger partial charge is 0.319 e. The molecule has 17 heavy (non-hydrogen) atoms. The van der Waals surface area contributed by atoms with Crippen molar-refractivity contribution in [2.75, 3.05) is 13.7 Å². The Labute approximate surface area is 102 Å². The van der Waals surface area contributed by atoms with Crippen LogP contribution in [-0.2, 0) is 15.1 Å². The summed E-state index contributed by atoms with van der Waals surface area (Å²) < 4.78 is 4.59. The zero-order valence-electron chi connectivity index (χ0n) is 9.19. The first-order valence-corrected chi connectivity index (χ1v) is 5.28. The van der Waals surface area contributed by atoms with Crippen molar-refractivity contribution in [3.8, 4) is 5.75 Å². The number of carbonyl (C=O) groups excluding carboxylic acids is 1. The molecule has 0 spiro atoms. The average Bonchev–Trinajstić information content (AvgIpc) is 3.08. The normalized spacial score (nSPS) is 15.8. The van der Waals surface area contributed by atoms with Gasteiger partial charge in [-0.1, -0.05) is 19.6 Å². The van der Waals surface area contributed by atoms with Crippen molar-refractivity contribution in [1.82, 2.24) is 5.32 Å². The number of benzene rings is 1. The first kappa shape index (κ1) is 13.5. The first-order valence-electron chi connectivity index (χ1n) is 5.28. The molecule has 0 aromatic heterocycles. The lowest BCUT2D eigenvalue weighted by molar-refractivity contribution is -0.139. The number of rotatable bonds is 4. The molecular formula is C13H19NO3. The van der Waals surface area contributed by atoms with Gasteiger partial charge in [-0.3, -0.25) is 10.1 Å². The van der Waals surface area contributed by atoms with E-state index in [2.05, 4.69) is 10.1 Å². The molecule has 0 bridgehead atoms. The summed E-state index contributed by atoms with van der Waals surface area (Å²) in [5.41, 5.74) is 1.01. The van der Waals surface area contributed by atoms with Crippen molar-refractivity contribution >= 4 is 5.97 Å². The molecule has 0 radical (unpaired) electrons. The molecule has 1 aromatic carbocycles. The minimum Gasteiger partial charge on any atom is -0.508 e. The molecule has 2 rings (SSSR count). The summed E-state index contributed by atoms with van der Waals surface area (Å²) in [4.78, 5) is 11.0. The fourth-order valence-electron chi connectivity index (χ4n) is 1.79. The molecule has 2 N–H and O–H groups in total. The lowest BCUT2D eigenvalue weighted by Crippen LogP contribution is -2.34. The van der Waals surface area contributed by atoms with Gasteiger partial charge in [0.25, 0.3) is 0 Å². The molecule has 4 heteroatoms. The van der Waals surface area contributed by atoms with Gasteiger partial charge in [-0.05, 0) is 30.5 Å². The van der Waals surface area contributed by atoms with Crippen LogP contribution in [0.4, 0.5) is 0 Å². The van der Waals surface area contributed by atoms with Crippen LogP contribution in [0.1, 0.15) is 25.8 Å². The molecule has 1 aliphatic carbocycles. The molecule has 0 unspecified atom stereocenters. The third kappa shape index (κ3) is 2.97. The Morgan fingerprint density at radius 1 is 1.41 bits per heavy atom. The van der Waals surface area contributed by atoms with E-state index in [1.54, 1.807) is 12.1 Å². The highest BCUT2D eigenvalue weighted by atomic mass is 16.5. The third-order valence-corrected chi connectivity index (χ3v) is 2.97. The third-order valence-electron chi connectivity index (χ3n) is 2.97. The SMILES string of the molecule is C.COC(=O)CNC1(c2ccc(O)cc2)CC1. The Bertz CT molecular complexity index is 382. The zero-order chi connectivity index (χ0) is 11.6. The standard InChI is InChI=1S/C12H15NO3.CH4/c1-16-11(15)8-13-12(6-7-12)9-2-4-10(14)5-3-9;/h2-5,13-14H,6-8H2,1H3;1H4. The van der Waals surface area contributed by atoms with E-state index in [0.29, 0.717) is 0 Å². The second-order valence-electron chi connectivity index (χ2n) is 4.06. The van der Waals surface area contributed by atoms with Crippen LogP contribution in [0.3, 0.4) is 0 Å². The fraction of sp³-hybridized carbons (Fsp3) is 0.462. The molecule has 0 atom stereocenters. The minimum atomic E-state index is -0.259. The van der Waals surface area contributed by atoms with Gasteiger partial charge >= 0.3 is 5.97 Å². The van der Waals surface area contributed by atoms with Crippen LogP contribution in [0, 0.1) is 0 Å². The van der Waals surface area contributed by atoms with Crippen molar-refractivity contribution < 1.29 is 14.6 Å². The molecule has 0 heterocycles. The van der Waals surface area contributed by atoms with E-state index in [4.69, 9.17) is 0 Å². The fourth-order valence-corrected chi connectivity index (χ4v) is 1.79. The van der Waals surface area contributed by atoms with Crippen LogP contribution in [0.5, 0.6) is 5.75 Å². The molecule has 0 amide bonds. The van der Waals surface area contributed by atoms with Gasteiger partial charge in [0.2, 0.25) is 0 Å². The van der Waals surface area contributed by atoms with Gasteiger partial charge in [-0.15, -0.1) is 0 Å². The number of methoxy groups -OCH3 is 1. The maximum atomic E-state index is 11.0. The minimum absolute atomic E-state index is 0. The summed E-state index contributed by atoms with van der Waals surface area (Å²) in [6.07, 6.45) is 2.02. The lowest BCUT2D eigenvalue weighted by atomic mass is 10.0. The van der Waals surface area contributed by atoms with E-state index in [0.717, 1.165) is 18.4 Å². The van der Waals surface area contributed by atoms with Crippen molar-refractivity contribution in [2.24, 2.45) is 0 Å². The first-order chi connectivity index (χ1) is 7.66. The Kier molecular flexibility index (Phi) is 4.12. The Morgan fingerprint density at radius 3 is 2.47 bits per heavy atom. The van der Waals surface area contributed by atoms with Crippen molar-refractivity contribution in [3.05, 3.63) is 29.8 Å². The number of phenols is 1. The van der Waals surface area contributed by atoms with Crippen LogP contribution < -0.4 is 5.32 Å². The molecule has 0 aliphatic heterocycles. The highest BCUT2D eigenvalue weighted by Gasteiger charge is 2.44. The van der Waals surface area contributed by atoms with Gasteiger partial charge < -0.3 is 9.84 Å². The average molecular weight is 237 g/mol. The van der Waals surface area contributed by atoms with E-state index < -0.39 is 0 Å². The van der Waals surface area contributed by atoms with Gasteiger partial charge in [0.1, 0.15) is 5.75 Å². The van der Waals surface area contributed by atoms with Gasteiger partial charge in [0.05, 0.1) is 13.7 Å². The molecule has 1 aromatic rings. The maximum absolute atomic E-state index is 11.0. The predicted octanol–water partition coefficient (Wildman–Crippen LogP) is 1.78. The number of ether oxygens (including phenoxy) is 1. The quantitative estimate of drug-likeness (QED) is 0.784. The zero-order valence-corrected chi connectivity index (χ0v) is 9.19. The van der Waals surface area contributed by atoms with Crippen LogP contribution in [0.2, 0.25) is 0 Å². The van der Waals surface area contributed by atoms with E-state index in [1.165, 1.54) is 7.11 Å². The summed E-state index contributed by atoms with van der Waals surface area (Å²) in [6, 6.07) is 7.09. The van der Waals surface area contributed by atoms with E-state index in [9.17, 15) is 9.90 Å². The number of phenolic OH excluding ortho intramolecular Hbond substituents is 1. The predicted molar refractivity (Wildman–Crippen MR) is 65.8 cm³/mol. The van der Waals surface area contributed by atoms with Crippen LogP contribution >= 0.6 is 0 Å². The van der Waals surface area contributed by atoms with Crippen LogP contribution in [0.25, 0.3) is 0 Å². The summed E-state index contributed by atoms with van der Waals surface area (Å²) in [6.45, 7) is 0.220. The topological polar surface area (TPSA) is 58.6 Å². The van der Waals surface area contributed by atoms with Gasteiger partial charge in [-0.25, -0.2) is 0 Å². The maximum Gasteiger partial charge on any atom is 0.319 e. The number of hydrogen-bond donors (Lipinski definition) is 2. The summed E-state index contributed by atoms with van der Waals surface area (Å²) >= 11 is 0. The summed E-state index contributed by atoms with van der Waals surface area (Å²) in [5.74, 6) is -0.00225. The number of esters is 1. The lowest BCUT2D eigenvalue weighted by Gasteiger charge is -2.17. The van der Waals surface area contributed by atoms with Crippen LogP contribution in [0.15, 0.2) is 24.3 Å². The van der Waals surface area contributed by atoms with E-state index >= 15 is 0 Å². The van der Waals surface area contributed by atoms with Gasteiger partial charge in [0.15, 0.2) is 0 Å². The second kappa shape index (κ2) is 5.19. The Morgan fingerprint density at radius 2 is 2.00 bits per heavy atom. The molecule has 4 nitrogen and oxygen atoms in total. The largest absolute Gasteiger partial charge is 0.508 e. The summed E-state index contributed by atoms with van der Waals surface area (Å²) in [7, 11) is 1.38. The molecule has 94 valence electrons. The molecule has 1 aliphatic rings. The van der Waals surface area contributed by atoms with Gasteiger partial charge in [0, 0.05) is 5.54 Å².